The molecule has 1 aromatic rings. The molecule has 0 fully saturated rings. The monoisotopic (exact) mass is 330 g/mol. The van der Waals surface area contributed by atoms with E-state index < -0.39 is 18.0 Å². The van der Waals surface area contributed by atoms with Crippen molar-refractivity contribution in [1.82, 2.24) is 10.2 Å². The van der Waals surface area contributed by atoms with Crippen LogP contribution in [0.3, 0.4) is 0 Å². The number of carbonyl (C=O) groups excluding carboxylic acids is 3. The third-order valence-electron chi connectivity index (χ3n) is 4.21. The second-order valence-electron chi connectivity index (χ2n) is 5.60. The molecule has 2 aliphatic heterocycles. The lowest BCUT2D eigenvalue weighted by atomic mass is 9.85. The van der Waals surface area contributed by atoms with Crippen LogP contribution in [0.25, 0.3) is 0 Å². The van der Waals surface area contributed by atoms with Crippen molar-refractivity contribution in [3.8, 4) is 5.75 Å². The molecule has 7 nitrogen and oxygen atoms in total. The summed E-state index contributed by atoms with van der Waals surface area (Å²) in [5, 5.41) is 2.63. The lowest BCUT2D eigenvalue weighted by Gasteiger charge is -2.40. The van der Waals surface area contributed by atoms with E-state index in [9.17, 15) is 14.4 Å². The second-order valence-corrected chi connectivity index (χ2v) is 5.60. The fourth-order valence-corrected chi connectivity index (χ4v) is 3.12. The molecule has 2 aliphatic rings. The highest BCUT2D eigenvalue weighted by Crippen LogP contribution is 2.40. The van der Waals surface area contributed by atoms with Crippen molar-refractivity contribution >= 4 is 17.8 Å². The molecule has 0 saturated heterocycles. The Morgan fingerprint density at radius 2 is 2.12 bits per heavy atom. The SMILES string of the molecule is CCOC(=O)C1=C(C)NC(=O)N2CC(=O)c3cc(OC)ccc3C12. The number of Topliss-reactive ketones (excluding diaryl/α,β-unsaturated/α-hetero) is 1. The van der Waals surface area contributed by atoms with Crippen molar-refractivity contribution in [2.45, 2.75) is 19.9 Å². The minimum atomic E-state index is -0.642. The first-order valence-corrected chi connectivity index (χ1v) is 7.64. The summed E-state index contributed by atoms with van der Waals surface area (Å²) in [7, 11) is 1.52. The largest absolute Gasteiger partial charge is 0.497 e. The molecule has 0 spiro atoms. The Bertz CT molecular complexity index is 768. The highest BCUT2D eigenvalue weighted by molar-refractivity contribution is 6.05. The number of allylic oxidation sites excluding steroid dienone is 1. The van der Waals surface area contributed by atoms with E-state index in [1.54, 1.807) is 32.0 Å². The minimum absolute atomic E-state index is 0.104. The molecule has 3 rings (SSSR count). The lowest BCUT2D eigenvalue weighted by Crippen LogP contribution is -2.52. The predicted molar refractivity (Wildman–Crippen MR) is 84.6 cm³/mol. The molecule has 0 aromatic heterocycles. The van der Waals surface area contributed by atoms with Crippen molar-refractivity contribution < 1.29 is 23.9 Å². The molecular formula is C17H18N2O5. The van der Waals surface area contributed by atoms with Crippen LogP contribution in [-0.4, -0.2) is 42.9 Å². The fourth-order valence-electron chi connectivity index (χ4n) is 3.12. The Hall–Kier alpha value is -2.83. The highest BCUT2D eigenvalue weighted by Gasteiger charge is 2.43. The van der Waals surface area contributed by atoms with E-state index in [0.29, 0.717) is 28.1 Å². The van der Waals surface area contributed by atoms with Gasteiger partial charge in [0.15, 0.2) is 5.78 Å². The number of hydrogen-bond donors (Lipinski definition) is 1. The van der Waals surface area contributed by atoms with Gasteiger partial charge in [-0.3, -0.25) is 4.79 Å². The van der Waals surface area contributed by atoms with Crippen LogP contribution in [0.2, 0.25) is 0 Å². The van der Waals surface area contributed by atoms with Crippen molar-refractivity contribution in [3.63, 3.8) is 0 Å². The molecule has 0 radical (unpaired) electrons. The molecule has 24 heavy (non-hydrogen) atoms. The van der Waals surface area contributed by atoms with Gasteiger partial charge < -0.3 is 19.7 Å². The number of fused-ring (bicyclic) bond motifs is 3. The van der Waals surface area contributed by atoms with E-state index in [1.165, 1.54) is 12.0 Å². The van der Waals surface area contributed by atoms with Gasteiger partial charge >= 0.3 is 12.0 Å². The van der Waals surface area contributed by atoms with Crippen LogP contribution in [0.4, 0.5) is 4.79 Å². The van der Waals surface area contributed by atoms with Crippen LogP contribution in [0.15, 0.2) is 29.5 Å². The summed E-state index contributed by atoms with van der Waals surface area (Å²) in [5.74, 6) is -0.145. The summed E-state index contributed by atoms with van der Waals surface area (Å²) >= 11 is 0. The first-order valence-electron chi connectivity index (χ1n) is 7.64. The predicted octanol–water partition coefficient (Wildman–Crippen LogP) is 1.79. The van der Waals surface area contributed by atoms with Crippen LogP contribution < -0.4 is 10.1 Å². The van der Waals surface area contributed by atoms with Gasteiger partial charge in [-0.05, 0) is 31.5 Å². The number of nitrogens with one attached hydrogen (secondary N) is 1. The van der Waals surface area contributed by atoms with Gasteiger partial charge in [-0.15, -0.1) is 0 Å². The van der Waals surface area contributed by atoms with Gasteiger partial charge in [-0.25, -0.2) is 9.59 Å². The number of ether oxygens (including phenoxy) is 2. The molecule has 1 aromatic carbocycles. The first-order chi connectivity index (χ1) is 11.5. The topological polar surface area (TPSA) is 84.9 Å². The van der Waals surface area contributed by atoms with Crippen LogP contribution in [0, 0.1) is 0 Å². The summed E-state index contributed by atoms with van der Waals surface area (Å²) in [4.78, 5) is 38.5. The Balaban J connectivity index is 2.17. The number of benzene rings is 1. The number of amides is 2. The molecule has 1 N–H and O–H groups in total. The zero-order chi connectivity index (χ0) is 17.4. The number of nitrogens with zero attached hydrogens (tertiary/aromatic N) is 1. The number of rotatable bonds is 3. The molecular weight excluding hydrogens is 312 g/mol. The summed E-state index contributed by atoms with van der Waals surface area (Å²) in [6.07, 6.45) is 0. The zero-order valence-corrected chi connectivity index (χ0v) is 13.7. The Morgan fingerprint density at radius 3 is 2.79 bits per heavy atom. The van der Waals surface area contributed by atoms with Gasteiger partial charge in [0, 0.05) is 11.3 Å². The second kappa shape index (κ2) is 5.99. The average molecular weight is 330 g/mol. The lowest BCUT2D eigenvalue weighted by molar-refractivity contribution is -0.139. The Labute approximate surface area is 139 Å². The molecule has 126 valence electrons. The fraction of sp³-hybridized carbons (Fsp3) is 0.353. The molecule has 1 unspecified atom stereocenters. The Morgan fingerprint density at radius 1 is 1.38 bits per heavy atom. The van der Waals surface area contributed by atoms with Crippen LogP contribution in [0.1, 0.15) is 35.8 Å². The van der Waals surface area contributed by atoms with E-state index in [1.807, 2.05) is 0 Å². The van der Waals surface area contributed by atoms with Crippen LogP contribution >= 0.6 is 0 Å². The number of hydrogen-bond acceptors (Lipinski definition) is 5. The van der Waals surface area contributed by atoms with E-state index in [4.69, 9.17) is 9.47 Å². The quantitative estimate of drug-likeness (QED) is 0.854. The van der Waals surface area contributed by atoms with E-state index in [2.05, 4.69) is 5.32 Å². The maximum absolute atomic E-state index is 12.4. The maximum Gasteiger partial charge on any atom is 0.338 e. The number of ketones is 1. The summed E-state index contributed by atoms with van der Waals surface area (Å²) in [6, 6.07) is 4.02. The zero-order valence-electron chi connectivity index (χ0n) is 13.7. The summed E-state index contributed by atoms with van der Waals surface area (Å²) < 4.78 is 10.3. The van der Waals surface area contributed by atoms with Crippen molar-refractivity contribution in [2.24, 2.45) is 0 Å². The maximum atomic E-state index is 12.4. The standard InChI is InChI=1S/C17H18N2O5/c1-4-24-16(21)14-9(2)18-17(22)19-8-13(20)12-7-10(23-3)5-6-11(12)15(14)19/h5-7,15H,4,8H2,1-3H3,(H,18,22). The normalized spacial score (nSPS) is 19.5. The molecule has 1 atom stereocenters. The molecule has 0 saturated carbocycles. The summed E-state index contributed by atoms with van der Waals surface area (Å²) in [5.41, 5.74) is 1.84. The van der Waals surface area contributed by atoms with Crippen molar-refractivity contribution in [2.75, 3.05) is 20.3 Å². The third-order valence-corrected chi connectivity index (χ3v) is 4.21. The average Bonchev–Trinajstić information content (AvgIpc) is 2.56. The molecule has 2 heterocycles. The number of carbonyl (C=O) groups is 3. The molecule has 0 aliphatic carbocycles. The molecule has 7 heteroatoms. The van der Waals surface area contributed by atoms with Gasteiger partial charge in [0.2, 0.25) is 0 Å². The number of methoxy groups -OCH3 is 1. The van der Waals surface area contributed by atoms with Crippen molar-refractivity contribution in [1.29, 1.82) is 0 Å². The van der Waals surface area contributed by atoms with Gasteiger partial charge in [0.1, 0.15) is 5.75 Å². The van der Waals surface area contributed by atoms with Gasteiger partial charge in [0.05, 0.1) is 31.9 Å². The summed E-state index contributed by atoms with van der Waals surface area (Å²) in [6.45, 7) is 3.49. The van der Waals surface area contributed by atoms with E-state index in [0.717, 1.165) is 0 Å². The number of esters is 1. The van der Waals surface area contributed by atoms with Crippen LogP contribution in [-0.2, 0) is 9.53 Å². The van der Waals surface area contributed by atoms with Crippen LogP contribution in [0.5, 0.6) is 5.75 Å². The third kappa shape index (κ3) is 2.42. The molecule has 0 bridgehead atoms. The number of urea groups is 1. The molecule has 2 amide bonds. The van der Waals surface area contributed by atoms with Gasteiger partial charge in [0.25, 0.3) is 0 Å². The smallest absolute Gasteiger partial charge is 0.338 e. The van der Waals surface area contributed by atoms with Gasteiger partial charge in [-0.2, -0.15) is 0 Å². The van der Waals surface area contributed by atoms with Gasteiger partial charge in [-0.1, -0.05) is 6.07 Å². The minimum Gasteiger partial charge on any atom is -0.497 e. The first kappa shape index (κ1) is 16.0. The van der Waals surface area contributed by atoms with E-state index in [-0.39, 0.29) is 18.9 Å². The Kier molecular flexibility index (Phi) is 4.01. The highest BCUT2D eigenvalue weighted by atomic mass is 16.5. The van der Waals surface area contributed by atoms with Crippen molar-refractivity contribution in [3.05, 3.63) is 40.6 Å². The van der Waals surface area contributed by atoms with E-state index >= 15 is 0 Å².